The zero-order valence-corrected chi connectivity index (χ0v) is 42.5. The smallest absolute Gasteiger partial charge is 0.298 e. The summed E-state index contributed by atoms with van der Waals surface area (Å²) in [4.78, 5) is 60.8. The van der Waals surface area contributed by atoms with Crippen molar-refractivity contribution in [2.75, 3.05) is 97.8 Å². The van der Waals surface area contributed by atoms with Gasteiger partial charge in [0.1, 0.15) is 24.3 Å². The highest BCUT2D eigenvalue weighted by molar-refractivity contribution is 6.05. The van der Waals surface area contributed by atoms with Crippen molar-refractivity contribution in [3.63, 3.8) is 0 Å². The number of piperazine rings is 1. The van der Waals surface area contributed by atoms with Crippen LogP contribution in [0.3, 0.4) is 0 Å². The molecule has 380 valence electrons. The Morgan fingerprint density at radius 2 is 1.63 bits per heavy atom. The first kappa shape index (κ1) is 59.2. The number of aromatic nitrogens is 3. The molecule has 0 saturated carbocycles. The number of aldehydes is 1. The number of hydrogen-bond donors (Lipinski definition) is 2. The molecular formula is C50H79N7O11. The minimum absolute atomic E-state index is 0.0226. The summed E-state index contributed by atoms with van der Waals surface area (Å²) < 4.78 is 32.7. The van der Waals surface area contributed by atoms with Gasteiger partial charge >= 0.3 is 0 Å². The molecule has 0 bridgehead atoms. The third kappa shape index (κ3) is 22.4. The van der Waals surface area contributed by atoms with Crippen molar-refractivity contribution in [3.8, 4) is 17.1 Å². The van der Waals surface area contributed by atoms with Crippen LogP contribution >= 0.6 is 0 Å². The van der Waals surface area contributed by atoms with E-state index in [0.717, 1.165) is 50.0 Å². The van der Waals surface area contributed by atoms with E-state index < -0.39 is 6.29 Å². The van der Waals surface area contributed by atoms with E-state index in [1.165, 1.54) is 0 Å². The lowest BCUT2D eigenvalue weighted by Crippen LogP contribution is -2.46. The van der Waals surface area contributed by atoms with E-state index >= 15 is 0 Å². The van der Waals surface area contributed by atoms with Gasteiger partial charge in [0.15, 0.2) is 23.5 Å². The maximum atomic E-state index is 11.4. The quantitative estimate of drug-likeness (QED) is 0.0646. The number of carbonyl (C=O) groups excluding carboxylic acids is 4. The van der Waals surface area contributed by atoms with Gasteiger partial charge < -0.3 is 57.9 Å². The molecule has 18 heteroatoms. The highest BCUT2D eigenvalue weighted by Crippen LogP contribution is 2.35. The largest absolute Gasteiger partial charge is 0.432 e. The summed E-state index contributed by atoms with van der Waals surface area (Å²) in [6.45, 7) is 30.1. The number of fused-ring (bicyclic) bond motifs is 3. The first-order valence-electron chi connectivity index (χ1n) is 23.3. The molecule has 2 atom stereocenters. The predicted octanol–water partition coefficient (Wildman–Crippen LogP) is 6.20. The van der Waals surface area contributed by atoms with Gasteiger partial charge in [0.25, 0.3) is 6.47 Å². The van der Waals surface area contributed by atoms with Crippen LogP contribution in [0.2, 0.25) is 0 Å². The molecule has 18 nitrogen and oxygen atoms in total. The number of amides is 1. The standard InChI is InChI=1S/C20H16N4O4.C12H23N3O2.C12H26O4.C5H12.CH2O/c25-12-27-14-4-1-3-13(11-14)18-22-16-15-5-2-6-21-20(15)28-17(16)19(23-18)24-7-9-26-10-8-24;1-14-7-9-15(10-8-14)6-5-13-12(17)4-2-3-11-16;1-9(2)15-11(8-14-6)16-10(7-13)12(3,4)5;1-5(2,3)4;1-2/h1-6,11-12H,7-10H2;11H,2-10H2,1H3,(H,13,17);9-11,13H,7-8H2,1-6H3;1-4H3;1H2. The highest BCUT2D eigenvalue weighted by Gasteiger charge is 2.29. The Bertz CT molecular complexity index is 2030. The number of aliphatic hydroxyl groups excluding tert-OH is 1. The third-order valence-corrected chi connectivity index (χ3v) is 9.91. The van der Waals surface area contributed by atoms with E-state index in [2.05, 4.69) is 59.7 Å². The average molecular weight is 954 g/mol. The van der Waals surface area contributed by atoms with Gasteiger partial charge in [-0.1, -0.05) is 60.6 Å². The van der Waals surface area contributed by atoms with Crippen molar-refractivity contribution < 1.29 is 52.4 Å². The molecule has 0 aliphatic carbocycles. The summed E-state index contributed by atoms with van der Waals surface area (Å²) in [6, 6.07) is 10.9. The molecule has 1 aromatic carbocycles. The van der Waals surface area contributed by atoms with Crippen molar-refractivity contribution in [1.82, 2.24) is 30.1 Å². The minimum Gasteiger partial charge on any atom is -0.432 e. The second kappa shape index (κ2) is 31.2. The van der Waals surface area contributed by atoms with Crippen LogP contribution in [0.1, 0.15) is 81.6 Å². The van der Waals surface area contributed by atoms with Gasteiger partial charge in [-0.15, -0.1) is 0 Å². The maximum absolute atomic E-state index is 11.4. The Morgan fingerprint density at radius 3 is 2.22 bits per heavy atom. The number of nitrogens with zero attached hydrogens (tertiary/aromatic N) is 6. The molecule has 0 spiro atoms. The van der Waals surface area contributed by atoms with E-state index in [0.29, 0.717) is 105 Å². The molecule has 5 heterocycles. The normalized spacial score (nSPS) is 15.3. The van der Waals surface area contributed by atoms with Gasteiger partial charge in [-0.25, -0.2) is 15.0 Å². The summed E-state index contributed by atoms with van der Waals surface area (Å²) in [5.41, 5.74) is 2.96. The average Bonchev–Trinajstić information content (AvgIpc) is 3.68. The molecule has 3 aromatic heterocycles. The number of nitrogens with one attached hydrogen (secondary N) is 1. The lowest BCUT2D eigenvalue weighted by Gasteiger charge is -2.33. The highest BCUT2D eigenvalue weighted by atomic mass is 16.7. The van der Waals surface area contributed by atoms with Crippen LogP contribution in [0.25, 0.3) is 33.6 Å². The summed E-state index contributed by atoms with van der Waals surface area (Å²) in [5.74, 6) is 1.73. The monoisotopic (exact) mass is 954 g/mol. The maximum Gasteiger partial charge on any atom is 0.298 e. The van der Waals surface area contributed by atoms with Crippen LogP contribution in [0.4, 0.5) is 5.82 Å². The molecular weight excluding hydrogens is 875 g/mol. The first-order chi connectivity index (χ1) is 32.4. The van der Waals surface area contributed by atoms with Crippen LogP contribution in [0.5, 0.6) is 5.75 Å². The van der Waals surface area contributed by atoms with Crippen LogP contribution < -0.4 is 15.0 Å². The number of furan rings is 1. The molecule has 2 aliphatic heterocycles. The van der Waals surface area contributed by atoms with Crippen molar-refractivity contribution in [2.45, 2.75) is 100 Å². The fourth-order valence-electron chi connectivity index (χ4n) is 6.46. The number of ether oxygens (including phenoxy) is 5. The molecule has 6 rings (SSSR count). The summed E-state index contributed by atoms with van der Waals surface area (Å²) in [7, 11) is 3.73. The minimum atomic E-state index is -0.429. The van der Waals surface area contributed by atoms with Gasteiger partial charge in [0.2, 0.25) is 11.6 Å². The molecule has 4 aromatic rings. The van der Waals surface area contributed by atoms with Crippen molar-refractivity contribution in [1.29, 1.82) is 0 Å². The topological polar surface area (TPSA) is 208 Å². The van der Waals surface area contributed by atoms with Gasteiger partial charge in [-0.2, -0.15) is 0 Å². The molecule has 2 saturated heterocycles. The predicted molar refractivity (Wildman–Crippen MR) is 265 cm³/mol. The van der Waals surface area contributed by atoms with Crippen molar-refractivity contribution in [2.24, 2.45) is 10.8 Å². The Balaban J connectivity index is 0.000000345. The summed E-state index contributed by atoms with van der Waals surface area (Å²) in [6.07, 6.45) is 3.52. The van der Waals surface area contributed by atoms with Crippen LogP contribution in [-0.2, 0) is 38.1 Å². The lowest BCUT2D eigenvalue weighted by atomic mass is 9.89. The van der Waals surface area contributed by atoms with E-state index in [-0.39, 0.29) is 30.1 Å². The van der Waals surface area contributed by atoms with Gasteiger partial charge in [-0.3, -0.25) is 14.5 Å². The lowest BCUT2D eigenvalue weighted by molar-refractivity contribution is -0.230. The van der Waals surface area contributed by atoms with Crippen molar-refractivity contribution in [3.05, 3.63) is 42.6 Å². The van der Waals surface area contributed by atoms with Gasteiger partial charge in [0.05, 0.1) is 44.0 Å². The second-order valence-electron chi connectivity index (χ2n) is 19.1. The number of rotatable bonds is 18. The number of unbranched alkanes of at least 4 members (excludes halogenated alkanes) is 1. The Hall–Kier alpha value is -4.95. The number of morpholine rings is 1. The zero-order chi connectivity index (χ0) is 50.7. The number of methoxy groups -OCH3 is 1. The number of likely N-dealkylation sites (N-methyl/N-ethyl adjacent to an activating group) is 1. The number of pyridine rings is 1. The number of aliphatic hydroxyl groups is 1. The number of anilines is 1. The Labute approximate surface area is 403 Å². The fraction of sp³-hybridized carbons (Fsp3) is 0.620. The van der Waals surface area contributed by atoms with E-state index in [9.17, 15) is 19.5 Å². The molecule has 2 unspecified atom stereocenters. The van der Waals surface area contributed by atoms with Crippen LogP contribution in [0, 0.1) is 10.8 Å². The fourth-order valence-corrected chi connectivity index (χ4v) is 6.46. The molecule has 0 radical (unpaired) electrons. The molecule has 68 heavy (non-hydrogen) atoms. The third-order valence-electron chi connectivity index (χ3n) is 9.91. The van der Waals surface area contributed by atoms with Crippen molar-refractivity contribution >= 4 is 53.5 Å². The molecule has 2 aliphatic rings. The van der Waals surface area contributed by atoms with E-state index in [1.54, 1.807) is 31.5 Å². The Morgan fingerprint density at radius 1 is 0.956 bits per heavy atom. The zero-order valence-electron chi connectivity index (χ0n) is 42.5. The van der Waals surface area contributed by atoms with Gasteiger partial charge in [0, 0.05) is 84.1 Å². The molecule has 2 N–H and O–H groups in total. The van der Waals surface area contributed by atoms with Crippen LogP contribution in [-0.4, -0.2) is 167 Å². The number of carbonyl (C=O) groups is 4. The second-order valence-corrected chi connectivity index (χ2v) is 19.1. The molecule has 2 fully saturated rings. The Kier molecular flexibility index (Phi) is 27.2. The SMILES string of the molecule is C=O.CC(C)(C)C.CN1CCN(CCNC(=O)CCCC=O)CC1.COCC(OC(C)C)OC(CO)C(C)(C)C.O=COc1cccc(-c2nc(N3CCOCC3)c3oc4ncccc4c3n2)c1. The summed E-state index contributed by atoms with van der Waals surface area (Å²) >= 11 is 0. The summed E-state index contributed by atoms with van der Waals surface area (Å²) in [5, 5.41) is 13.0. The molecule has 1 amide bonds. The van der Waals surface area contributed by atoms with Gasteiger partial charge in [-0.05, 0) is 62.4 Å². The van der Waals surface area contributed by atoms with Crippen LogP contribution in [0.15, 0.2) is 47.0 Å². The number of benzene rings is 1. The van der Waals surface area contributed by atoms with E-state index in [1.807, 2.05) is 59.6 Å². The first-order valence-corrected chi connectivity index (χ1v) is 23.3. The van der Waals surface area contributed by atoms with E-state index in [4.69, 9.17) is 42.9 Å². The number of hydrogen-bond acceptors (Lipinski definition) is 17.